The quantitative estimate of drug-likeness (QED) is 0.835. The smallest absolute Gasteiger partial charge is 0.255 e. The van der Waals surface area contributed by atoms with Crippen LogP contribution in [-0.4, -0.2) is 31.7 Å². The van der Waals surface area contributed by atoms with E-state index in [1.807, 2.05) is 32.0 Å². The third-order valence-electron chi connectivity index (χ3n) is 5.23. The Morgan fingerprint density at radius 2 is 1.61 bits per heavy atom. The van der Waals surface area contributed by atoms with Gasteiger partial charge in [-0.15, -0.1) is 0 Å². The van der Waals surface area contributed by atoms with Gasteiger partial charge in [0.15, 0.2) is 0 Å². The van der Waals surface area contributed by atoms with Crippen molar-refractivity contribution in [3.8, 4) is 0 Å². The fourth-order valence-electron chi connectivity index (χ4n) is 3.79. The highest BCUT2D eigenvalue weighted by Gasteiger charge is 2.31. The van der Waals surface area contributed by atoms with E-state index in [0.717, 1.165) is 23.2 Å². The number of carbonyl (C=O) groups excluding carboxylic acids is 1. The number of amides is 1. The molecule has 0 radical (unpaired) electrons. The number of aryl methyl sites for hydroxylation is 2. The minimum Gasteiger partial charge on any atom is -0.322 e. The van der Waals surface area contributed by atoms with Gasteiger partial charge in [0.2, 0.25) is 10.0 Å². The maximum absolute atomic E-state index is 13.0. The van der Waals surface area contributed by atoms with Crippen LogP contribution in [0.1, 0.15) is 41.8 Å². The number of hydrogen-bond acceptors (Lipinski definition) is 3. The van der Waals surface area contributed by atoms with Crippen LogP contribution in [0.3, 0.4) is 0 Å². The first kappa shape index (κ1) is 20.6. The molecule has 2 aromatic rings. The first-order chi connectivity index (χ1) is 13.2. The summed E-state index contributed by atoms with van der Waals surface area (Å²) < 4.78 is 27.5. The number of benzene rings is 2. The summed E-state index contributed by atoms with van der Waals surface area (Å²) >= 11 is 0. The van der Waals surface area contributed by atoms with E-state index in [2.05, 4.69) is 19.2 Å². The van der Waals surface area contributed by atoms with E-state index in [-0.39, 0.29) is 10.8 Å². The molecular weight excluding hydrogens is 372 g/mol. The molecule has 1 heterocycles. The molecule has 2 atom stereocenters. The second-order valence-electron chi connectivity index (χ2n) is 8.06. The van der Waals surface area contributed by atoms with Crippen LogP contribution >= 0.6 is 0 Å². The van der Waals surface area contributed by atoms with Gasteiger partial charge in [-0.25, -0.2) is 8.42 Å². The summed E-state index contributed by atoms with van der Waals surface area (Å²) in [6.45, 7) is 9.16. The molecule has 0 saturated carbocycles. The van der Waals surface area contributed by atoms with Crippen molar-refractivity contribution in [2.45, 2.75) is 39.0 Å². The van der Waals surface area contributed by atoms with Crippen LogP contribution in [0.2, 0.25) is 0 Å². The number of nitrogens with one attached hydrogen (secondary N) is 1. The highest BCUT2D eigenvalue weighted by molar-refractivity contribution is 7.89. The van der Waals surface area contributed by atoms with Gasteiger partial charge in [-0.3, -0.25) is 4.79 Å². The van der Waals surface area contributed by atoms with Gasteiger partial charge in [-0.05, 0) is 73.6 Å². The van der Waals surface area contributed by atoms with Crippen molar-refractivity contribution in [2.24, 2.45) is 11.8 Å². The molecule has 1 aliphatic heterocycles. The van der Waals surface area contributed by atoms with Crippen molar-refractivity contribution >= 4 is 21.6 Å². The fourth-order valence-corrected chi connectivity index (χ4v) is 5.47. The van der Waals surface area contributed by atoms with Crippen molar-refractivity contribution < 1.29 is 13.2 Å². The predicted octanol–water partition coefficient (Wildman–Crippen LogP) is 4.22. The molecule has 0 aliphatic carbocycles. The molecule has 6 heteroatoms. The van der Waals surface area contributed by atoms with Crippen molar-refractivity contribution in [2.75, 3.05) is 18.4 Å². The van der Waals surface area contributed by atoms with Crippen LogP contribution in [-0.2, 0) is 10.0 Å². The lowest BCUT2D eigenvalue weighted by atomic mass is 9.94. The van der Waals surface area contributed by atoms with E-state index in [9.17, 15) is 13.2 Å². The molecular formula is C22H28N2O3S. The van der Waals surface area contributed by atoms with Gasteiger partial charge in [-0.2, -0.15) is 4.31 Å². The number of piperidine rings is 1. The van der Waals surface area contributed by atoms with Crippen LogP contribution in [0, 0.1) is 25.7 Å². The molecule has 1 N–H and O–H groups in total. The zero-order chi connectivity index (χ0) is 20.5. The summed E-state index contributed by atoms with van der Waals surface area (Å²) in [6, 6.07) is 12.1. The minimum absolute atomic E-state index is 0.233. The van der Waals surface area contributed by atoms with Gasteiger partial charge < -0.3 is 5.32 Å². The van der Waals surface area contributed by atoms with E-state index in [4.69, 9.17) is 0 Å². The van der Waals surface area contributed by atoms with Crippen LogP contribution < -0.4 is 5.32 Å². The zero-order valence-electron chi connectivity index (χ0n) is 16.9. The van der Waals surface area contributed by atoms with Gasteiger partial charge in [0.25, 0.3) is 5.91 Å². The molecule has 0 spiro atoms. The summed E-state index contributed by atoms with van der Waals surface area (Å²) in [7, 11) is -3.54. The van der Waals surface area contributed by atoms with Gasteiger partial charge in [-0.1, -0.05) is 26.0 Å². The predicted molar refractivity (Wildman–Crippen MR) is 112 cm³/mol. The Labute approximate surface area is 167 Å². The number of hydrogen-bond donors (Lipinski definition) is 1. The standard InChI is InChI=1S/C22H28N2O3S/c1-15-5-6-18(4)21(12-15)23-22(25)19-7-9-20(10-8-19)28(26,27)24-13-16(2)11-17(3)14-24/h5-10,12,16-17H,11,13-14H2,1-4H3,(H,23,25)/t16-,17+. The zero-order valence-corrected chi connectivity index (χ0v) is 17.7. The lowest BCUT2D eigenvalue weighted by molar-refractivity contribution is 0.102. The number of rotatable bonds is 4. The molecule has 0 aromatic heterocycles. The summed E-state index contributed by atoms with van der Waals surface area (Å²) in [5.74, 6) is 0.445. The molecule has 1 fully saturated rings. The second kappa shape index (κ2) is 8.05. The van der Waals surface area contributed by atoms with Crippen LogP contribution in [0.4, 0.5) is 5.69 Å². The summed E-state index contributed by atoms with van der Waals surface area (Å²) in [4.78, 5) is 12.8. The van der Waals surface area contributed by atoms with Gasteiger partial charge in [0.05, 0.1) is 4.90 Å². The third-order valence-corrected chi connectivity index (χ3v) is 7.08. The molecule has 3 rings (SSSR count). The summed E-state index contributed by atoms with van der Waals surface area (Å²) in [5, 5.41) is 2.90. The highest BCUT2D eigenvalue weighted by atomic mass is 32.2. The Morgan fingerprint density at radius 1 is 1.00 bits per heavy atom. The minimum atomic E-state index is -3.54. The molecule has 0 unspecified atom stereocenters. The first-order valence-corrected chi connectivity index (χ1v) is 11.1. The fraction of sp³-hybridized carbons (Fsp3) is 0.409. The molecule has 1 saturated heterocycles. The second-order valence-corrected chi connectivity index (χ2v) is 10.0. The van der Waals surface area contributed by atoms with E-state index in [0.29, 0.717) is 30.5 Å². The van der Waals surface area contributed by atoms with Crippen LogP contribution in [0.25, 0.3) is 0 Å². The number of nitrogens with zero attached hydrogens (tertiary/aromatic N) is 1. The van der Waals surface area contributed by atoms with E-state index in [1.54, 1.807) is 16.4 Å². The van der Waals surface area contributed by atoms with Crippen molar-refractivity contribution in [3.05, 3.63) is 59.2 Å². The Kier molecular flexibility index (Phi) is 5.91. The van der Waals surface area contributed by atoms with Gasteiger partial charge >= 0.3 is 0 Å². The topological polar surface area (TPSA) is 66.5 Å². The Morgan fingerprint density at radius 3 is 2.21 bits per heavy atom. The molecule has 5 nitrogen and oxygen atoms in total. The van der Waals surface area contributed by atoms with Crippen molar-refractivity contribution in [1.82, 2.24) is 4.31 Å². The van der Waals surface area contributed by atoms with Crippen LogP contribution in [0.5, 0.6) is 0 Å². The maximum atomic E-state index is 13.0. The molecule has 1 amide bonds. The van der Waals surface area contributed by atoms with Gasteiger partial charge in [0.1, 0.15) is 0 Å². The lowest BCUT2D eigenvalue weighted by Crippen LogP contribution is -2.42. The highest BCUT2D eigenvalue weighted by Crippen LogP contribution is 2.27. The van der Waals surface area contributed by atoms with Gasteiger partial charge in [0, 0.05) is 24.3 Å². The number of carbonyl (C=O) groups is 1. The van der Waals surface area contributed by atoms with Crippen molar-refractivity contribution in [1.29, 1.82) is 0 Å². The molecule has 0 bridgehead atoms. The average Bonchev–Trinajstić information content (AvgIpc) is 2.64. The first-order valence-electron chi connectivity index (χ1n) is 9.65. The number of sulfonamides is 1. The number of anilines is 1. The Balaban J connectivity index is 1.77. The summed E-state index contributed by atoms with van der Waals surface area (Å²) in [6.07, 6.45) is 1.05. The molecule has 150 valence electrons. The monoisotopic (exact) mass is 400 g/mol. The Bertz CT molecular complexity index is 958. The third kappa shape index (κ3) is 4.45. The molecule has 28 heavy (non-hydrogen) atoms. The van der Waals surface area contributed by atoms with E-state index in [1.165, 1.54) is 12.1 Å². The molecule has 1 aliphatic rings. The lowest BCUT2D eigenvalue weighted by Gasteiger charge is -2.34. The average molecular weight is 401 g/mol. The van der Waals surface area contributed by atoms with Crippen LogP contribution in [0.15, 0.2) is 47.4 Å². The summed E-state index contributed by atoms with van der Waals surface area (Å²) in [5.41, 5.74) is 3.23. The Hall–Kier alpha value is -2.18. The van der Waals surface area contributed by atoms with E-state index >= 15 is 0 Å². The normalized spacial score (nSPS) is 20.7. The SMILES string of the molecule is Cc1ccc(C)c(NC(=O)c2ccc(S(=O)(=O)N3C[C@H](C)C[C@H](C)C3)cc2)c1. The molecule has 2 aromatic carbocycles. The van der Waals surface area contributed by atoms with E-state index < -0.39 is 10.0 Å². The van der Waals surface area contributed by atoms with Crippen molar-refractivity contribution in [3.63, 3.8) is 0 Å². The largest absolute Gasteiger partial charge is 0.322 e. The maximum Gasteiger partial charge on any atom is 0.255 e.